The van der Waals surface area contributed by atoms with Gasteiger partial charge in [0, 0.05) is 22.4 Å². The molecule has 9 heavy (non-hydrogen) atoms. The molecule has 0 aliphatic carbocycles. The van der Waals surface area contributed by atoms with Gasteiger partial charge in [-0.1, -0.05) is 31.9 Å². The van der Waals surface area contributed by atoms with Crippen molar-refractivity contribution in [2.45, 2.75) is 10.7 Å². The van der Waals surface area contributed by atoms with Gasteiger partial charge in [0.1, 0.15) is 0 Å². The van der Waals surface area contributed by atoms with Crippen molar-refractivity contribution in [3.63, 3.8) is 0 Å². The van der Waals surface area contributed by atoms with Crippen LogP contribution in [0.5, 0.6) is 0 Å². The Balaban J connectivity index is 2.85. The Morgan fingerprint density at radius 3 is 2.67 bits per heavy atom. The molecule has 0 atom stereocenters. The summed E-state index contributed by atoms with van der Waals surface area (Å²) in [4.78, 5) is 0. The molecule has 1 rings (SSSR count). The molecular weight excluding hydrogens is 248 g/mol. The van der Waals surface area contributed by atoms with Crippen LogP contribution in [0.3, 0.4) is 0 Å². The highest BCUT2D eigenvalue weighted by atomic mass is 79.9. The van der Waals surface area contributed by atoms with Crippen molar-refractivity contribution in [1.82, 2.24) is 10.2 Å². The van der Waals surface area contributed by atoms with Gasteiger partial charge in [-0.3, -0.25) is 5.10 Å². The highest BCUT2D eigenvalue weighted by Crippen LogP contribution is 2.11. The number of rotatable bonds is 2. The third kappa shape index (κ3) is 1.55. The summed E-state index contributed by atoms with van der Waals surface area (Å²) >= 11 is 6.67. The maximum Gasteiger partial charge on any atom is 0.0767 e. The van der Waals surface area contributed by atoms with Crippen molar-refractivity contribution < 1.29 is 0 Å². The van der Waals surface area contributed by atoms with E-state index >= 15 is 0 Å². The van der Waals surface area contributed by atoms with E-state index < -0.39 is 0 Å². The smallest absolute Gasteiger partial charge is 0.0767 e. The van der Waals surface area contributed by atoms with Crippen molar-refractivity contribution in [1.29, 1.82) is 0 Å². The topological polar surface area (TPSA) is 28.7 Å². The molecule has 0 saturated carbocycles. The first kappa shape index (κ1) is 7.28. The Labute approximate surface area is 70.3 Å². The molecule has 50 valence electrons. The van der Waals surface area contributed by atoms with Gasteiger partial charge in [0.05, 0.1) is 5.69 Å². The Bertz CT molecular complexity index is 166. The number of nitrogens with zero attached hydrogens (tertiary/aromatic N) is 1. The second-order valence-corrected chi connectivity index (χ2v) is 2.75. The second-order valence-electron chi connectivity index (χ2n) is 1.62. The average molecular weight is 254 g/mol. The van der Waals surface area contributed by atoms with Crippen molar-refractivity contribution >= 4 is 31.9 Å². The van der Waals surface area contributed by atoms with E-state index in [1.165, 1.54) is 5.56 Å². The fourth-order valence-corrected chi connectivity index (χ4v) is 1.55. The maximum atomic E-state index is 4.00. The summed E-state index contributed by atoms with van der Waals surface area (Å²) in [5, 5.41) is 8.48. The third-order valence-electron chi connectivity index (χ3n) is 1.08. The van der Waals surface area contributed by atoms with Gasteiger partial charge in [0.25, 0.3) is 0 Å². The van der Waals surface area contributed by atoms with Crippen LogP contribution in [0.2, 0.25) is 0 Å². The number of aromatic nitrogens is 2. The van der Waals surface area contributed by atoms with E-state index in [0.29, 0.717) is 0 Å². The van der Waals surface area contributed by atoms with Gasteiger partial charge in [-0.05, 0) is 0 Å². The largest absolute Gasteiger partial charge is 0.285 e. The maximum absolute atomic E-state index is 4.00. The average Bonchev–Trinajstić information content (AvgIpc) is 2.33. The minimum absolute atomic E-state index is 0.817. The van der Waals surface area contributed by atoms with Gasteiger partial charge in [-0.2, -0.15) is 5.10 Å². The third-order valence-corrected chi connectivity index (χ3v) is 2.21. The van der Waals surface area contributed by atoms with E-state index in [1.54, 1.807) is 0 Å². The van der Waals surface area contributed by atoms with Crippen LogP contribution in [-0.4, -0.2) is 10.2 Å². The van der Waals surface area contributed by atoms with Crippen LogP contribution in [0.1, 0.15) is 11.3 Å². The van der Waals surface area contributed by atoms with Gasteiger partial charge in [-0.15, -0.1) is 0 Å². The Hall–Kier alpha value is 0.170. The van der Waals surface area contributed by atoms with Gasteiger partial charge in [0.2, 0.25) is 0 Å². The van der Waals surface area contributed by atoms with Crippen molar-refractivity contribution in [3.8, 4) is 0 Å². The Morgan fingerprint density at radius 2 is 2.22 bits per heavy atom. The molecule has 1 N–H and O–H groups in total. The summed E-state index contributed by atoms with van der Waals surface area (Å²) in [6.45, 7) is 0. The molecule has 0 aliphatic rings. The van der Waals surface area contributed by atoms with Gasteiger partial charge in [0.15, 0.2) is 0 Å². The van der Waals surface area contributed by atoms with E-state index in [2.05, 4.69) is 42.1 Å². The zero-order chi connectivity index (χ0) is 6.69. The normalized spacial score (nSPS) is 10.0. The zero-order valence-electron chi connectivity index (χ0n) is 4.69. The second kappa shape index (κ2) is 3.37. The minimum Gasteiger partial charge on any atom is -0.285 e. The summed E-state index contributed by atoms with van der Waals surface area (Å²) in [6.07, 6.45) is 1.89. The lowest BCUT2D eigenvalue weighted by Gasteiger charge is -1.88. The molecule has 0 saturated heterocycles. The van der Waals surface area contributed by atoms with Crippen molar-refractivity contribution in [2.24, 2.45) is 0 Å². The van der Waals surface area contributed by atoms with E-state index in [9.17, 15) is 0 Å². The molecule has 0 radical (unpaired) electrons. The minimum atomic E-state index is 0.817. The molecule has 0 aliphatic heterocycles. The number of hydrogen-bond donors (Lipinski definition) is 1. The number of H-pyrrole nitrogens is 1. The summed E-state index contributed by atoms with van der Waals surface area (Å²) in [6, 6.07) is 0. The molecule has 2 nitrogen and oxygen atoms in total. The standard InChI is InChI=1S/C5H6Br2N2/c6-1-4-3-8-9-5(4)2-7/h3H,1-2H2,(H,8,9). The SMILES string of the molecule is BrCc1c[nH]nc1CBr. The lowest BCUT2D eigenvalue weighted by Crippen LogP contribution is -1.81. The quantitative estimate of drug-likeness (QED) is 0.805. The van der Waals surface area contributed by atoms with Crippen molar-refractivity contribution in [2.75, 3.05) is 0 Å². The lowest BCUT2D eigenvalue weighted by molar-refractivity contribution is 1.04. The number of alkyl halides is 2. The van der Waals surface area contributed by atoms with Gasteiger partial charge < -0.3 is 0 Å². The van der Waals surface area contributed by atoms with E-state index in [-0.39, 0.29) is 0 Å². The van der Waals surface area contributed by atoms with E-state index in [1.807, 2.05) is 6.20 Å². The fourth-order valence-electron chi connectivity index (χ4n) is 0.575. The summed E-state index contributed by atoms with van der Waals surface area (Å²) in [5.74, 6) is 0. The van der Waals surface area contributed by atoms with Crippen LogP contribution in [0.15, 0.2) is 6.20 Å². The number of nitrogens with one attached hydrogen (secondary N) is 1. The first-order valence-electron chi connectivity index (χ1n) is 2.52. The number of hydrogen-bond acceptors (Lipinski definition) is 1. The summed E-state index contributed by atoms with van der Waals surface area (Å²) < 4.78 is 0. The molecule has 0 unspecified atom stereocenters. The van der Waals surface area contributed by atoms with Gasteiger partial charge >= 0.3 is 0 Å². The predicted octanol–water partition coefficient (Wildman–Crippen LogP) is 2.20. The summed E-state index contributed by atoms with van der Waals surface area (Å²) in [7, 11) is 0. The van der Waals surface area contributed by atoms with Crippen LogP contribution < -0.4 is 0 Å². The monoisotopic (exact) mass is 252 g/mol. The van der Waals surface area contributed by atoms with Crippen LogP contribution in [0.25, 0.3) is 0 Å². The molecule has 4 heteroatoms. The van der Waals surface area contributed by atoms with Crippen LogP contribution in [0.4, 0.5) is 0 Å². The molecular formula is C5H6Br2N2. The molecule has 0 amide bonds. The summed E-state index contributed by atoms with van der Waals surface area (Å²) in [5.41, 5.74) is 2.29. The zero-order valence-corrected chi connectivity index (χ0v) is 7.87. The number of aromatic amines is 1. The molecule has 1 aromatic rings. The number of halogens is 2. The van der Waals surface area contributed by atoms with Crippen LogP contribution in [0, 0.1) is 0 Å². The molecule has 1 heterocycles. The van der Waals surface area contributed by atoms with Crippen LogP contribution in [-0.2, 0) is 10.7 Å². The predicted molar refractivity (Wildman–Crippen MR) is 43.8 cm³/mol. The van der Waals surface area contributed by atoms with Gasteiger partial charge in [-0.25, -0.2) is 0 Å². The Kier molecular flexibility index (Phi) is 2.72. The molecule has 0 fully saturated rings. The highest BCUT2D eigenvalue weighted by molar-refractivity contribution is 9.09. The van der Waals surface area contributed by atoms with E-state index in [0.717, 1.165) is 16.4 Å². The van der Waals surface area contributed by atoms with Crippen molar-refractivity contribution in [3.05, 3.63) is 17.5 Å². The first-order chi connectivity index (χ1) is 4.38. The molecule has 0 spiro atoms. The van der Waals surface area contributed by atoms with Crippen LogP contribution >= 0.6 is 31.9 Å². The fraction of sp³-hybridized carbons (Fsp3) is 0.400. The molecule has 1 aromatic heterocycles. The van der Waals surface area contributed by atoms with E-state index in [4.69, 9.17) is 0 Å². The first-order valence-corrected chi connectivity index (χ1v) is 4.76. The lowest BCUT2D eigenvalue weighted by atomic mass is 10.3. The Morgan fingerprint density at radius 1 is 1.44 bits per heavy atom. The molecule has 0 bridgehead atoms. The highest BCUT2D eigenvalue weighted by Gasteiger charge is 1.99. The molecule has 0 aromatic carbocycles.